The number of likely N-dealkylation sites (tertiary alicyclic amines) is 1. The van der Waals surface area contributed by atoms with Crippen molar-refractivity contribution < 1.29 is 0 Å². The van der Waals surface area contributed by atoms with Gasteiger partial charge in [-0.25, -0.2) is 9.97 Å². The van der Waals surface area contributed by atoms with Crippen molar-refractivity contribution in [2.45, 2.75) is 19.3 Å². The topological polar surface area (TPSA) is 41.1 Å². The first-order valence-electron chi connectivity index (χ1n) is 6.70. The molecule has 1 fully saturated rings. The number of aromatic nitrogens is 2. The summed E-state index contributed by atoms with van der Waals surface area (Å²) in [4.78, 5) is 12.0. The molecule has 0 unspecified atom stereocenters. The van der Waals surface area contributed by atoms with Gasteiger partial charge < -0.3 is 10.2 Å². The van der Waals surface area contributed by atoms with Crippen LogP contribution in [-0.2, 0) is 0 Å². The van der Waals surface area contributed by atoms with Crippen LogP contribution in [0.25, 0.3) is 10.2 Å². The van der Waals surface area contributed by atoms with Crippen molar-refractivity contribution >= 4 is 39.0 Å². The monoisotopic (exact) mass is 296 g/mol. The van der Waals surface area contributed by atoms with Gasteiger partial charge in [-0.15, -0.1) is 11.3 Å². The van der Waals surface area contributed by atoms with Crippen molar-refractivity contribution in [3.63, 3.8) is 0 Å². The highest BCUT2D eigenvalue weighted by molar-refractivity contribution is 7.16. The molecule has 0 atom stereocenters. The van der Waals surface area contributed by atoms with E-state index >= 15 is 0 Å². The lowest BCUT2D eigenvalue weighted by Gasteiger charge is -2.26. The highest BCUT2D eigenvalue weighted by Gasteiger charge is 2.11. The largest absolute Gasteiger partial charge is 0.368 e. The number of piperidine rings is 1. The molecule has 4 nitrogen and oxygen atoms in total. The van der Waals surface area contributed by atoms with Crippen LogP contribution in [0.3, 0.4) is 0 Å². The van der Waals surface area contributed by atoms with Crippen LogP contribution in [-0.4, -0.2) is 41.0 Å². The molecule has 6 heteroatoms. The molecule has 1 saturated heterocycles. The van der Waals surface area contributed by atoms with Crippen LogP contribution in [0.15, 0.2) is 11.4 Å². The van der Waals surface area contributed by atoms with E-state index in [0.29, 0.717) is 5.28 Å². The van der Waals surface area contributed by atoms with Crippen LogP contribution >= 0.6 is 22.9 Å². The van der Waals surface area contributed by atoms with Crippen molar-refractivity contribution in [1.82, 2.24) is 14.9 Å². The quantitative estimate of drug-likeness (QED) is 0.880. The number of halogens is 1. The van der Waals surface area contributed by atoms with Gasteiger partial charge in [-0.3, -0.25) is 0 Å². The number of nitrogens with zero attached hydrogens (tertiary/aromatic N) is 3. The molecule has 2 aromatic heterocycles. The fourth-order valence-corrected chi connectivity index (χ4v) is 3.46. The number of rotatable bonds is 4. The number of hydrogen-bond donors (Lipinski definition) is 1. The van der Waals surface area contributed by atoms with E-state index in [9.17, 15) is 0 Å². The lowest BCUT2D eigenvalue weighted by atomic mass is 10.1. The maximum Gasteiger partial charge on any atom is 0.225 e. The van der Waals surface area contributed by atoms with Gasteiger partial charge in [0.25, 0.3) is 0 Å². The Morgan fingerprint density at radius 3 is 2.95 bits per heavy atom. The van der Waals surface area contributed by atoms with E-state index in [-0.39, 0.29) is 0 Å². The predicted molar refractivity (Wildman–Crippen MR) is 81.2 cm³/mol. The SMILES string of the molecule is Clc1nc(NCCN2CCCCC2)c2ccsc2n1. The second-order valence-electron chi connectivity index (χ2n) is 4.81. The molecule has 0 aromatic carbocycles. The highest BCUT2D eigenvalue weighted by atomic mass is 35.5. The number of nitrogens with one attached hydrogen (secondary N) is 1. The zero-order valence-electron chi connectivity index (χ0n) is 10.7. The van der Waals surface area contributed by atoms with E-state index in [1.807, 2.05) is 11.4 Å². The summed E-state index contributed by atoms with van der Waals surface area (Å²) in [5, 5.41) is 6.79. The molecule has 1 aliphatic heterocycles. The van der Waals surface area contributed by atoms with Crippen molar-refractivity contribution in [2.24, 2.45) is 0 Å². The van der Waals surface area contributed by atoms with E-state index in [2.05, 4.69) is 20.2 Å². The molecule has 2 aromatic rings. The predicted octanol–water partition coefficient (Wildman–Crippen LogP) is 3.24. The van der Waals surface area contributed by atoms with Crippen molar-refractivity contribution in [3.8, 4) is 0 Å². The van der Waals surface area contributed by atoms with Gasteiger partial charge in [0.15, 0.2) is 0 Å². The minimum Gasteiger partial charge on any atom is -0.368 e. The summed E-state index contributed by atoms with van der Waals surface area (Å²) in [6.45, 7) is 4.41. The number of fused-ring (bicyclic) bond motifs is 1. The van der Waals surface area contributed by atoms with Gasteiger partial charge in [0.05, 0.1) is 5.39 Å². The average Bonchev–Trinajstić information content (AvgIpc) is 2.88. The van der Waals surface area contributed by atoms with E-state index in [0.717, 1.165) is 29.1 Å². The second-order valence-corrected chi connectivity index (χ2v) is 6.04. The van der Waals surface area contributed by atoms with Crippen LogP contribution in [0, 0.1) is 0 Å². The van der Waals surface area contributed by atoms with Gasteiger partial charge >= 0.3 is 0 Å². The molecule has 1 N–H and O–H groups in total. The normalized spacial score (nSPS) is 16.9. The van der Waals surface area contributed by atoms with Gasteiger partial charge in [-0.05, 0) is 49.0 Å². The molecule has 0 amide bonds. The first-order valence-corrected chi connectivity index (χ1v) is 7.96. The Morgan fingerprint density at radius 2 is 2.11 bits per heavy atom. The molecule has 102 valence electrons. The summed E-state index contributed by atoms with van der Waals surface area (Å²) in [5.41, 5.74) is 0. The Labute approximate surface area is 121 Å². The number of hydrogen-bond acceptors (Lipinski definition) is 5. The van der Waals surface area contributed by atoms with E-state index in [4.69, 9.17) is 11.6 Å². The Morgan fingerprint density at radius 1 is 1.26 bits per heavy atom. The Kier molecular flexibility index (Phi) is 4.15. The van der Waals surface area contributed by atoms with Crippen molar-refractivity contribution in [1.29, 1.82) is 0 Å². The molecule has 0 bridgehead atoms. The number of anilines is 1. The van der Waals surface area contributed by atoms with Crippen LogP contribution in [0.1, 0.15) is 19.3 Å². The smallest absolute Gasteiger partial charge is 0.225 e. The summed E-state index contributed by atoms with van der Waals surface area (Å²) >= 11 is 7.53. The van der Waals surface area contributed by atoms with Crippen LogP contribution in [0.5, 0.6) is 0 Å². The standard InChI is InChI=1S/C13H17ClN4S/c14-13-16-11(10-4-9-19-12(10)17-13)15-5-8-18-6-2-1-3-7-18/h4,9H,1-3,5-8H2,(H,15,16,17). The van der Waals surface area contributed by atoms with Gasteiger partial charge in [0, 0.05) is 13.1 Å². The third-order valence-corrected chi connectivity index (χ3v) is 4.44. The molecule has 1 aliphatic rings. The summed E-state index contributed by atoms with van der Waals surface area (Å²) < 4.78 is 0. The molecule has 0 radical (unpaired) electrons. The molecule has 19 heavy (non-hydrogen) atoms. The van der Waals surface area contributed by atoms with Crippen LogP contribution in [0.4, 0.5) is 5.82 Å². The van der Waals surface area contributed by atoms with E-state index < -0.39 is 0 Å². The summed E-state index contributed by atoms with van der Waals surface area (Å²) in [6.07, 6.45) is 4.03. The first kappa shape index (κ1) is 13.1. The minimum atomic E-state index is 0.315. The summed E-state index contributed by atoms with van der Waals surface area (Å²) in [7, 11) is 0. The minimum absolute atomic E-state index is 0.315. The molecule has 3 heterocycles. The lowest BCUT2D eigenvalue weighted by Crippen LogP contribution is -2.33. The van der Waals surface area contributed by atoms with Gasteiger partial charge in [0.1, 0.15) is 10.6 Å². The fraction of sp³-hybridized carbons (Fsp3) is 0.538. The summed E-state index contributed by atoms with van der Waals surface area (Å²) in [5.74, 6) is 0.855. The third-order valence-electron chi connectivity index (χ3n) is 3.47. The molecular weight excluding hydrogens is 280 g/mol. The summed E-state index contributed by atoms with van der Waals surface area (Å²) in [6, 6.07) is 2.04. The highest BCUT2D eigenvalue weighted by Crippen LogP contribution is 2.26. The molecule has 0 saturated carbocycles. The Balaban J connectivity index is 1.63. The van der Waals surface area contributed by atoms with Gasteiger partial charge in [-0.1, -0.05) is 6.42 Å². The fourth-order valence-electron chi connectivity index (χ4n) is 2.48. The molecule has 0 spiro atoms. The molecule has 3 rings (SSSR count). The zero-order chi connectivity index (χ0) is 13.1. The van der Waals surface area contributed by atoms with Gasteiger partial charge in [-0.2, -0.15) is 0 Å². The zero-order valence-corrected chi connectivity index (χ0v) is 12.3. The van der Waals surface area contributed by atoms with Gasteiger partial charge in [0.2, 0.25) is 5.28 Å². The lowest BCUT2D eigenvalue weighted by molar-refractivity contribution is 0.237. The van der Waals surface area contributed by atoms with Crippen molar-refractivity contribution in [3.05, 3.63) is 16.7 Å². The van der Waals surface area contributed by atoms with E-state index in [1.165, 1.54) is 32.4 Å². The number of thiophene rings is 1. The van der Waals surface area contributed by atoms with Crippen LogP contribution < -0.4 is 5.32 Å². The van der Waals surface area contributed by atoms with Crippen LogP contribution in [0.2, 0.25) is 5.28 Å². The molecular formula is C13H17ClN4S. The Bertz CT molecular complexity index is 551. The molecule has 0 aliphatic carbocycles. The first-order chi connectivity index (χ1) is 9.33. The van der Waals surface area contributed by atoms with E-state index in [1.54, 1.807) is 11.3 Å². The third kappa shape index (κ3) is 3.16. The average molecular weight is 297 g/mol. The van der Waals surface area contributed by atoms with Crippen molar-refractivity contribution in [2.75, 3.05) is 31.5 Å². The maximum atomic E-state index is 5.94. The Hall–Kier alpha value is -0.910. The maximum absolute atomic E-state index is 5.94. The second kappa shape index (κ2) is 6.03.